The summed E-state index contributed by atoms with van der Waals surface area (Å²) < 4.78 is 6.33. The summed E-state index contributed by atoms with van der Waals surface area (Å²) in [4.78, 5) is 0. The Morgan fingerprint density at radius 2 is 2.11 bits per heavy atom. The number of fused-ring (bicyclic) bond motifs is 2. The van der Waals surface area contributed by atoms with Crippen molar-refractivity contribution in [2.24, 2.45) is 22.5 Å². The Balaban J connectivity index is 1.82. The van der Waals surface area contributed by atoms with Gasteiger partial charge in [-0.1, -0.05) is 32.9 Å². The Morgan fingerprint density at radius 1 is 1.32 bits per heavy atom. The van der Waals surface area contributed by atoms with Crippen LogP contribution in [0.2, 0.25) is 0 Å². The molecule has 2 fully saturated rings. The Bertz CT molecular complexity index is 482. The van der Waals surface area contributed by atoms with Crippen molar-refractivity contribution in [3.63, 3.8) is 0 Å². The zero-order valence-electron chi connectivity index (χ0n) is 12.3. The molecule has 0 saturated heterocycles. The first-order valence-corrected chi connectivity index (χ1v) is 7.43. The van der Waals surface area contributed by atoms with E-state index in [0.29, 0.717) is 23.5 Å². The fraction of sp³-hybridized carbons (Fsp3) is 0.647. The molecule has 0 aromatic heterocycles. The molecule has 3 unspecified atom stereocenters. The van der Waals surface area contributed by atoms with Gasteiger partial charge in [0.1, 0.15) is 11.9 Å². The predicted molar refractivity (Wildman–Crippen MR) is 78.0 cm³/mol. The van der Waals surface area contributed by atoms with Gasteiger partial charge in [-0.3, -0.25) is 0 Å². The lowest BCUT2D eigenvalue weighted by Crippen LogP contribution is -2.38. The van der Waals surface area contributed by atoms with Crippen molar-refractivity contribution < 1.29 is 4.74 Å². The van der Waals surface area contributed by atoms with Crippen molar-refractivity contribution in [1.82, 2.24) is 0 Å². The number of benzene rings is 1. The fourth-order valence-electron chi connectivity index (χ4n) is 4.22. The van der Waals surface area contributed by atoms with E-state index in [2.05, 4.69) is 39.0 Å². The van der Waals surface area contributed by atoms with Crippen LogP contribution in [0.5, 0.6) is 5.75 Å². The van der Waals surface area contributed by atoms with Crippen LogP contribution in [0.1, 0.15) is 45.6 Å². The molecule has 0 spiro atoms. The third-order valence-corrected chi connectivity index (χ3v) is 6.13. The van der Waals surface area contributed by atoms with Crippen LogP contribution in [-0.4, -0.2) is 6.10 Å². The summed E-state index contributed by atoms with van der Waals surface area (Å²) in [7, 11) is 0. The summed E-state index contributed by atoms with van der Waals surface area (Å²) >= 11 is 0. The van der Waals surface area contributed by atoms with Crippen LogP contribution < -0.4 is 10.5 Å². The second-order valence-corrected chi connectivity index (χ2v) is 7.07. The van der Waals surface area contributed by atoms with Crippen LogP contribution in [0.3, 0.4) is 0 Å². The van der Waals surface area contributed by atoms with Gasteiger partial charge in [0.05, 0.1) is 0 Å². The lowest BCUT2D eigenvalue weighted by Gasteiger charge is -2.38. The average Bonchev–Trinajstić information content (AvgIpc) is 2.72. The molecule has 2 N–H and O–H groups in total. The molecular weight excluding hydrogens is 234 g/mol. The molecule has 104 valence electrons. The van der Waals surface area contributed by atoms with Crippen molar-refractivity contribution >= 4 is 0 Å². The zero-order valence-corrected chi connectivity index (χ0v) is 12.3. The molecule has 3 atom stereocenters. The second-order valence-electron chi connectivity index (χ2n) is 7.07. The van der Waals surface area contributed by atoms with Gasteiger partial charge in [0.15, 0.2) is 0 Å². The van der Waals surface area contributed by atoms with Crippen molar-refractivity contribution in [2.45, 2.75) is 52.7 Å². The molecule has 0 radical (unpaired) electrons. The first kappa shape index (κ1) is 13.0. The first-order chi connectivity index (χ1) is 8.97. The van der Waals surface area contributed by atoms with E-state index in [1.165, 1.54) is 19.3 Å². The SMILES string of the molecule is CC1(C)C2CCC1(C)C(Oc1cccc(CN)c1)C2. The summed E-state index contributed by atoms with van der Waals surface area (Å²) in [6.07, 6.45) is 4.23. The fourth-order valence-corrected chi connectivity index (χ4v) is 4.22. The number of nitrogens with two attached hydrogens (primary N) is 1. The Kier molecular flexibility index (Phi) is 2.90. The largest absolute Gasteiger partial charge is 0.490 e. The molecule has 1 aromatic rings. The number of hydrogen-bond donors (Lipinski definition) is 1. The predicted octanol–water partition coefficient (Wildman–Crippen LogP) is 3.74. The molecule has 2 heteroatoms. The molecule has 2 aliphatic carbocycles. The van der Waals surface area contributed by atoms with Crippen LogP contribution in [0.15, 0.2) is 24.3 Å². The van der Waals surface area contributed by atoms with Gasteiger partial charge in [0.2, 0.25) is 0 Å². The lowest BCUT2D eigenvalue weighted by molar-refractivity contribution is 0.0301. The topological polar surface area (TPSA) is 35.2 Å². The van der Waals surface area contributed by atoms with Crippen molar-refractivity contribution in [3.8, 4) is 5.75 Å². The van der Waals surface area contributed by atoms with Gasteiger partial charge in [0, 0.05) is 12.0 Å². The number of hydrogen-bond acceptors (Lipinski definition) is 2. The van der Waals surface area contributed by atoms with Gasteiger partial charge in [-0.05, 0) is 48.3 Å². The maximum atomic E-state index is 6.33. The summed E-state index contributed by atoms with van der Waals surface area (Å²) in [5.41, 5.74) is 7.57. The highest BCUT2D eigenvalue weighted by atomic mass is 16.5. The molecule has 3 rings (SSSR count). The van der Waals surface area contributed by atoms with E-state index < -0.39 is 0 Å². The van der Waals surface area contributed by atoms with Gasteiger partial charge in [-0.25, -0.2) is 0 Å². The van der Waals surface area contributed by atoms with Gasteiger partial charge in [-0.15, -0.1) is 0 Å². The molecular formula is C17H25NO. The third-order valence-electron chi connectivity index (χ3n) is 6.13. The van der Waals surface area contributed by atoms with Gasteiger partial charge in [-0.2, -0.15) is 0 Å². The van der Waals surface area contributed by atoms with Crippen LogP contribution in [0.25, 0.3) is 0 Å². The molecule has 2 nitrogen and oxygen atoms in total. The summed E-state index contributed by atoms with van der Waals surface area (Å²) in [5, 5.41) is 0. The number of ether oxygens (including phenoxy) is 1. The van der Waals surface area contributed by atoms with E-state index in [9.17, 15) is 0 Å². The maximum absolute atomic E-state index is 6.33. The minimum absolute atomic E-state index is 0.316. The summed E-state index contributed by atoms with van der Waals surface area (Å²) in [6.45, 7) is 7.83. The van der Waals surface area contributed by atoms with Crippen molar-refractivity contribution in [3.05, 3.63) is 29.8 Å². The highest BCUT2D eigenvalue weighted by molar-refractivity contribution is 5.29. The Morgan fingerprint density at radius 3 is 2.68 bits per heavy atom. The van der Waals surface area contributed by atoms with Gasteiger partial charge >= 0.3 is 0 Å². The molecule has 2 bridgehead atoms. The average molecular weight is 259 g/mol. The highest BCUT2D eigenvalue weighted by Gasteiger charge is 2.62. The van der Waals surface area contributed by atoms with Gasteiger partial charge < -0.3 is 10.5 Å². The Labute approximate surface area is 116 Å². The minimum atomic E-state index is 0.316. The smallest absolute Gasteiger partial charge is 0.120 e. The minimum Gasteiger partial charge on any atom is -0.490 e. The third kappa shape index (κ3) is 1.80. The molecule has 19 heavy (non-hydrogen) atoms. The molecule has 0 heterocycles. The Hall–Kier alpha value is -1.02. The summed E-state index contributed by atoms with van der Waals surface area (Å²) in [5.74, 6) is 1.80. The normalized spacial score (nSPS) is 35.6. The highest BCUT2D eigenvalue weighted by Crippen LogP contribution is 2.66. The molecule has 2 saturated carbocycles. The zero-order chi connectivity index (χ0) is 13.7. The molecule has 0 amide bonds. The second kappa shape index (κ2) is 4.24. The van der Waals surface area contributed by atoms with Crippen LogP contribution in [0.4, 0.5) is 0 Å². The van der Waals surface area contributed by atoms with E-state index in [1.807, 2.05) is 6.07 Å². The van der Waals surface area contributed by atoms with E-state index in [-0.39, 0.29) is 0 Å². The van der Waals surface area contributed by atoms with Crippen molar-refractivity contribution in [2.75, 3.05) is 0 Å². The van der Waals surface area contributed by atoms with E-state index in [1.54, 1.807) is 0 Å². The molecule has 2 aliphatic rings. The van der Waals surface area contributed by atoms with Crippen LogP contribution in [0, 0.1) is 16.7 Å². The van der Waals surface area contributed by atoms with Crippen LogP contribution in [-0.2, 0) is 6.54 Å². The summed E-state index contributed by atoms with van der Waals surface area (Å²) in [6, 6.07) is 8.24. The quantitative estimate of drug-likeness (QED) is 0.897. The molecule has 1 aromatic carbocycles. The van der Waals surface area contributed by atoms with Gasteiger partial charge in [0.25, 0.3) is 0 Å². The standard InChI is InChI=1S/C17H25NO/c1-16(2)13-7-8-17(16,3)15(10-13)19-14-6-4-5-12(9-14)11-18/h4-6,9,13,15H,7-8,10-11,18H2,1-3H3. The lowest BCUT2D eigenvalue weighted by atomic mass is 9.70. The maximum Gasteiger partial charge on any atom is 0.120 e. The van der Waals surface area contributed by atoms with Crippen molar-refractivity contribution in [1.29, 1.82) is 0 Å². The molecule has 0 aliphatic heterocycles. The monoisotopic (exact) mass is 259 g/mol. The van der Waals surface area contributed by atoms with E-state index in [0.717, 1.165) is 17.2 Å². The van der Waals surface area contributed by atoms with E-state index in [4.69, 9.17) is 10.5 Å². The first-order valence-electron chi connectivity index (χ1n) is 7.43. The van der Waals surface area contributed by atoms with Crippen LogP contribution >= 0.6 is 0 Å². The number of rotatable bonds is 3. The van der Waals surface area contributed by atoms with E-state index >= 15 is 0 Å².